The number of aromatic nitrogens is 2. The van der Waals surface area contributed by atoms with Crippen molar-refractivity contribution in [2.75, 3.05) is 0 Å². The highest BCUT2D eigenvalue weighted by Gasteiger charge is 2.11. The molecule has 4 nitrogen and oxygen atoms in total. The van der Waals surface area contributed by atoms with Gasteiger partial charge in [-0.2, -0.15) is 13.9 Å². The Hall–Kier alpha value is -2.24. The van der Waals surface area contributed by atoms with Crippen LogP contribution in [0, 0.1) is 0 Å². The van der Waals surface area contributed by atoms with E-state index in [1.54, 1.807) is 10.7 Å². The highest BCUT2D eigenvalue weighted by atomic mass is 19.3. The molecular formula is C15H16F2N2O2. The summed E-state index contributed by atoms with van der Waals surface area (Å²) in [7, 11) is 0. The summed E-state index contributed by atoms with van der Waals surface area (Å²) in [5, 5.41) is 4.30. The zero-order valence-electron chi connectivity index (χ0n) is 11.8. The van der Waals surface area contributed by atoms with E-state index in [-0.39, 0.29) is 24.0 Å². The Kier molecular flexibility index (Phi) is 4.67. The van der Waals surface area contributed by atoms with Gasteiger partial charge in [-0.3, -0.25) is 9.48 Å². The van der Waals surface area contributed by atoms with Crippen molar-refractivity contribution in [3.05, 3.63) is 47.8 Å². The largest absolute Gasteiger partial charge is 0.435 e. The fourth-order valence-corrected chi connectivity index (χ4v) is 1.85. The Bertz CT molecular complexity index is 606. The third kappa shape index (κ3) is 4.11. The predicted molar refractivity (Wildman–Crippen MR) is 73.7 cm³/mol. The van der Waals surface area contributed by atoms with E-state index in [4.69, 9.17) is 0 Å². The van der Waals surface area contributed by atoms with E-state index in [0.29, 0.717) is 11.3 Å². The van der Waals surface area contributed by atoms with Crippen LogP contribution in [0.4, 0.5) is 8.78 Å². The summed E-state index contributed by atoms with van der Waals surface area (Å²) in [6.45, 7) is 1.13. The van der Waals surface area contributed by atoms with Gasteiger partial charge in [-0.1, -0.05) is 0 Å². The first-order valence-electron chi connectivity index (χ1n) is 6.58. The molecule has 0 spiro atoms. The molecule has 6 heteroatoms. The van der Waals surface area contributed by atoms with Crippen molar-refractivity contribution in [3.63, 3.8) is 0 Å². The number of carbonyl (C=O) groups is 1. The number of alkyl halides is 2. The molecule has 0 unspecified atom stereocenters. The molecule has 0 aliphatic rings. The first kappa shape index (κ1) is 15.2. The van der Waals surface area contributed by atoms with E-state index in [9.17, 15) is 13.6 Å². The molecule has 0 saturated heterocycles. The van der Waals surface area contributed by atoms with Crippen LogP contribution >= 0.6 is 0 Å². The summed E-state index contributed by atoms with van der Waals surface area (Å²) in [5.41, 5.74) is 1.12. The van der Waals surface area contributed by atoms with Gasteiger partial charge >= 0.3 is 6.61 Å². The maximum atomic E-state index is 12.1. The van der Waals surface area contributed by atoms with Gasteiger partial charge in [-0.05, 0) is 44.2 Å². The molecule has 0 aliphatic carbocycles. The molecule has 2 rings (SSSR count). The number of halogens is 2. The molecule has 0 bridgehead atoms. The lowest BCUT2D eigenvalue weighted by Crippen LogP contribution is -2.07. The van der Waals surface area contributed by atoms with Crippen LogP contribution in [-0.2, 0) is 6.42 Å². The molecule has 1 heterocycles. The molecule has 0 atom stereocenters. The second-order valence-corrected chi connectivity index (χ2v) is 4.88. The number of rotatable bonds is 6. The van der Waals surface area contributed by atoms with Crippen molar-refractivity contribution in [3.8, 4) is 5.75 Å². The summed E-state index contributed by atoms with van der Waals surface area (Å²) in [4.78, 5) is 12.1. The number of ketones is 1. The monoisotopic (exact) mass is 294 g/mol. The third-order valence-corrected chi connectivity index (χ3v) is 2.94. The predicted octanol–water partition coefficient (Wildman–Crippen LogP) is 3.49. The fourth-order valence-electron chi connectivity index (χ4n) is 1.85. The molecule has 2 aromatic rings. The molecule has 0 saturated carbocycles. The van der Waals surface area contributed by atoms with Crippen LogP contribution in [0.15, 0.2) is 36.5 Å². The lowest BCUT2D eigenvalue weighted by molar-refractivity contribution is -0.0498. The van der Waals surface area contributed by atoms with Crippen LogP contribution in [0.5, 0.6) is 5.75 Å². The van der Waals surface area contributed by atoms with Crippen molar-refractivity contribution >= 4 is 5.78 Å². The summed E-state index contributed by atoms with van der Waals surface area (Å²) in [6, 6.07) is 7.68. The summed E-state index contributed by atoms with van der Waals surface area (Å²) in [6.07, 6.45) is 2.00. The number of carbonyl (C=O) groups excluding carboxylic acids is 1. The van der Waals surface area contributed by atoms with E-state index in [1.807, 2.05) is 20.0 Å². The van der Waals surface area contributed by atoms with Gasteiger partial charge in [0.25, 0.3) is 0 Å². The zero-order chi connectivity index (χ0) is 15.4. The minimum absolute atomic E-state index is 0.0330. The van der Waals surface area contributed by atoms with Gasteiger partial charge in [0.2, 0.25) is 0 Å². The quantitative estimate of drug-likeness (QED) is 0.766. The lowest BCUT2D eigenvalue weighted by Gasteiger charge is -2.05. The Morgan fingerprint density at radius 2 is 1.90 bits per heavy atom. The summed E-state index contributed by atoms with van der Waals surface area (Å²) < 4.78 is 30.1. The van der Waals surface area contributed by atoms with Gasteiger partial charge in [0.15, 0.2) is 5.78 Å². The van der Waals surface area contributed by atoms with Crippen molar-refractivity contribution in [1.29, 1.82) is 0 Å². The van der Waals surface area contributed by atoms with E-state index in [2.05, 4.69) is 9.84 Å². The average molecular weight is 294 g/mol. The number of Topliss-reactive ketones (excluding diaryl/α,β-unsaturated/α-hetero) is 1. The molecule has 1 aromatic heterocycles. The van der Waals surface area contributed by atoms with Gasteiger partial charge in [0.1, 0.15) is 5.75 Å². The lowest BCUT2D eigenvalue weighted by atomic mass is 10.1. The molecule has 0 N–H and O–H groups in total. The standard InChI is InChI=1S/C15H16F2N2O2/c1-10(2)19-8-7-12(18-19)9-14(20)11-3-5-13(6-4-11)21-15(16)17/h3-8,10,15H,9H2,1-2H3. The molecule has 21 heavy (non-hydrogen) atoms. The number of benzene rings is 1. The average Bonchev–Trinajstić information content (AvgIpc) is 2.87. The van der Waals surface area contributed by atoms with Crippen LogP contribution in [-0.4, -0.2) is 22.2 Å². The fraction of sp³-hybridized carbons (Fsp3) is 0.333. The minimum Gasteiger partial charge on any atom is -0.435 e. The van der Waals surface area contributed by atoms with E-state index >= 15 is 0 Å². The minimum atomic E-state index is -2.87. The van der Waals surface area contributed by atoms with Gasteiger partial charge in [0.05, 0.1) is 12.1 Å². The topological polar surface area (TPSA) is 44.1 Å². The smallest absolute Gasteiger partial charge is 0.387 e. The highest BCUT2D eigenvalue weighted by Crippen LogP contribution is 2.16. The van der Waals surface area contributed by atoms with Crippen LogP contribution < -0.4 is 4.74 Å². The van der Waals surface area contributed by atoms with Crippen molar-refractivity contribution in [2.45, 2.75) is 32.9 Å². The van der Waals surface area contributed by atoms with E-state index in [0.717, 1.165) is 0 Å². The maximum absolute atomic E-state index is 12.1. The van der Waals surface area contributed by atoms with E-state index in [1.165, 1.54) is 24.3 Å². The Balaban J connectivity index is 2.02. The molecular weight excluding hydrogens is 278 g/mol. The molecule has 0 radical (unpaired) electrons. The van der Waals surface area contributed by atoms with Gasteiger partial charge < -0.3 is 4.74 Å². The second-order valence-electron chi connectivity index (χ2n) is 4.88. The first-order chi connectivity index (χ1) is 9.95. The SMILES string of the molecule is CC(C)n1ccc(CC(=O)c2ccc(OC(F)F)cc2)n1. The van der Waals surface area contributed by atoms with Gasteiger partial charge in [-0.25, -0.2) is 0 Å². The van der Waals surface area contributed by atoms with Crippen molar-refractivity contribution in [1.82, 2.24) is 9.78 Å². The molecule has 0 amide bonds. The number of ether oxygens (including phenoxy) is 1. The number of nitrogens with zero attached hydrogens (tertiary/aromatic N) is 2. The molecule has 1 aromatic carbocycles. The van der Waals surface area contributed by atoms with Crippen molar-refractivity contribution < 1.29 is 18.3 Å². The Morgan fingerprint density at radius 1 is 1.24 bits per heavy atom. The Labute approximate surface area is 121 Å². The number of hydrogen-bond donors (Lipinski definition) is 0. The summed E-state index contributed by atoms with van der Waals surface area (Å²) >= 11 is 0. The molecule has 112 valence electrons. The second kappa shape index (κ2) is 6.47. The summed E-state index contributed by atoms with van der Waals surface area (Å²) in [5.74, 6) is -0.0850. The van der Waals surface area contributed by atoms with Crippen LogP contribution in [0.25, 0.3) is 0 Å². The first-order valence-corrected chi connectivity index (χ1v) is 6.58. The van der Waals surface area contributed by atoms with Crippen molar-refractivity contribution in [2.24, 2.45) is 0 Å². The van der Waals surface area contributed by atoms with Crippen LogP contribution in [0.2, 0.25) is 0 Å². The number of hydrogen-bond acceptors (Lipinski definition) is 3. The van der Waals surface area contributed by atoms with Gasteiger partial charge in [0, 0.05) is 17.8 Å². The highest BCUT2D eigenvalue weighted by molar-refractivity contribution is 5.97. The Morgan fingerprint density at radius 3 is 2.43 bits per heavy atom. The van der Waals surface area contributed by atoms with Crippen LogP contribution in [0.3, 0.4) is 0 Å². The van der Waals surface area contributed by atoms with Crippen LogP contribution in [0.1, 0.15) is 35.9 Å². The normalized spacial score (nSPS) is 11.1. The zero-order valence-corrected chi connectivity index (χ0v) is 11.8. The third-order valence-electron chi connectivity index (χ3n) is 2.94. The van der Waals surface area contributed by atoms with E-state index < -0.39 is 6.61 Å². The van der Waals surface area contributed by atoms with Gasteiger partial charge in [-0.15, -0.1) is 0 Å². The molecule has 0 fully saturated rings. The molecule has 0 aliphatic heterocycles. The maximum Gasteiger partial charge on any atom is 0.387 e.